The molecule has 0 aromatic heterocycles. The summed E-state index contributed by atoms with van der Waals surface area (Å²) in [6.45, 7) is 0.893. The molecule has 2 rings (SSSR count). The first kappa shape index (κ1) is 21.5. The Morgan fingerprint density at radius 3 is 2.43 bits per heavy atom. The summed E-state index contributed by atoms with van der Waals surface area (Å²) in [5.41, 5.74) is 0.0719. The van der Waals surface area contributed by atoms with E-state index in [1.54, 1.807) is 6.92 Å². The van der Waals surface area contributed by atoms with Gasteiger partial charge in [0.1, 0.15) is 12.3 Å². The van der Waals surface area contributed by atoms with Crippen LogP contribution in [-0.2, 0) is 19.6 Å². The molecule has 2 aromatic rings. The first-order chi connectivity index (χ1) is 13.1. The van der Waals surface area contributed by atoms with Crippen LogP contribution in [0.5, 0.6) is 5.75 Å². The number of carbonyl (C=O) groups is 1. The molecule has 0 fully saturated rings. The monoisotopic (exact) mass is 428 g/mol. The van der Waals surface area contributed by atoms with Crippen LogP contribution < -0.4 is 9.04 Å². The highest BCUT2D eigenvalue weighted by Crippen LogP contribution is 2.33. The molecule has 0 bridgehead atoms. The minimum absolute atomic E-state index is 0.0217. The summed E-state index contributed by atoms with van der Waals surface area (Å²) in [5.74, 6) is -0.569. The molecule has 0 spiro atoms. The van der Waals surface area contributed by atoms with Crippen LogP contribution in [-0.4, -0.2) is 40.1 Å². The fraction of sp³-hybridized carbons (Fsp3) is 0.235. The number of nitro benzene ring substituents is 1. The van der Waals surface area contributed by atoms with E-state index in [1.807, 2.05) is 0 Å². The van der Waals surface area contributed by atoms with E-state index in [2.05, 4.69) is 4.74 Å². The lowest BCUT2D eigenvalue weighted by Gasteiger charge is -2.25. The number of hydrogen-bond donors (Lipinski definition) is 0. The molecule has 9 nitrogen and oxygen atoms in total. The second-order valence-electron chi connectivity index (χ2n) is 5.61. The number of halogens is 1. The molecule has 0 unspecified atom stereocenters. The molecule has 0 N–H and O–H groups in total. The van der Waals surface area contributed by atoms with Gasteiger partial charge in [0, 0.05) is 12.1 Å². The average Bonchev–Trinajstić information content (AvgIpc) is 2.66. The predicted molar refractivity (Wildman–Crippen MR) is 102 cm³/mol. The van der Waals surface area contributed by atoms with Gasteiger partial charge in [-0.05, 0) is 30.7 Å². The largest absolute Gasteiger partial charge is 0.495 e. The normalized spacial score (nSPS) is 11.0. The third-order valence-electron chi connectivity index (χ3n) is 3.88. The van der Waals surface area contributed by atoms with Crippen LogP contribution in [0.1, 0.15) is 5.56 Å². The molecule has 0 saturated heterocycles. The topological polar surface area (TPSA) is 116 Å². The van der Waals surface area contributed by atoms with E-state index in [1.165, 1.54) is 37.4 Å². The van der Waals surface area contributed by atoms with Gasteiger partial charge in [0.25, 0.3) is 15.7 Å². The van der Waals surface area contributed by atoms with Gasteiger partial charge in [0.2, 0.25) is 0 Å². The number of non-ortho nitro benzene ring substituents is 1. The first-order valence-corrected chi connectivity index (χ1v) is 9.61. The van der Waals surface area contributed by atoms with Crippen LogP contribution in [0.3, 0.4) is 0 Å². The van der Waals surface area contributed by atoms with E-state index in [4.69, 9.17) is 16.3 Å². The summed E-state index contributed by atoms with van der Waals surface area (Å²) in [5, 5.41) is 11.2. The number of anilines is 1. The summed E-state index contributed by atoms with van der Waals surface area (Å²) in [6.07, 6.45) is 0. The standard InChI is InChI=1S/C17H17ClN2O7S/c1-11-4-5-12(20(22)23)8-15(11)19(10-17(21)27-3)28(24,25)13-6-7-16(26-2)14(18)9-13/h4-9H,10H2,1-3H3. The van der Waals surface area contributed by atoms with Gasteiger partial charge in [-0.1, -0.05) is 17.7 Å². The number of benzene rings is 2. The van der Waals surface area contributed by atoms with Crippen molar-refractivity contribution in [2.45, 2.75) is 11.8 Å². The molecule has 0 aliphatic heterocycles. The molecular formula is C17H17ClN2O7S. The Morgan fingerprint density at radius 2 is 1.89 bits per heavy atom. The van der Waals surface area contributed by atoms with Crippen molar-refractivity contribution in [1.82, 2.24) is 0 Å². The Balaban J connectivity index is 2.66. The second kappa shape index (κ2) is 8.44. The fourth-order valence-electron chi connectivity index (χ4n) is 2.40. The smallest absolute Gasteiger partial charge is 0.326 e. The zero-order valence-corrected chi connectivity index (χ0v) is 16.8. The molecule has 0 aliphatic carbocycles. The maximum atomic E-state index is 13.2. The lowest BCUT2D eigenvalue weighted by atomic mass is 10.2. The highest BCUT2D eigenvalue weighted by molar-refractivity contribution is 7.92. The van der Waals surface area contributed by atoms with E-state index in [9.17, 15) is 23.3 Å². The van der Waals surface area contributed by atoms with Gasteiger partial charge in [-0.25, -0.2) is 8.42 Å². The van der Waals surface area contributed by atoms with Crippen LogP contribution in [0.4, 0.5) is 11.4 Å². The Bertz CT molecular complexity index is 1020. The maximum absolute atomic E-state index is 13.2. The molecule has 0 atom stereocenters. The van der Waals surface area contributed by atoms with Crippen molar-refractivity contribution in [2.75, 3.05) is 25.1 Å². The quantitative estimate of drug-likeness (QED) is 0.378. The highest BCUT2D eigenvalue weighted by atomic mass is 35.5. The molecular weight excluding hydrogens is 412 g/mol. The van der Waals surface area contributed by atoms with Crippen molar-refractivity contribution in [1.29, 1.82) is 0 Å². The Hall–Kier alpha value is -2.85. The van der Waals surface area contributed by atoms with Crippen LogP contribution in [0.15, 0.2) is 41.3 Å². The third kappa shape index (κ3) is 4.34. The molecule has 150 valence electrons. The molecule has 0 aliphatic rings. The number of nitrogens with zero attached hydrogens (tertiary/aromatic N) is 2. The van der Waals surface area contributed by atoms with E-state index in [-0.39, 0.29) is 27.0 Å². The minimum atomic E-state index is -4.30. The van der Waals surface area contributed by atoms with Crippen molar-refractivity contribution in [3.05, 3.63) is 57.1 Å². The third-order valence-corrected chi connectivity index (χ3v) is 5.93. The summed E-state index contributed by atoms with van der Waals surface area (Å²) in [6, 6.07) is 7.52. The number of rotatable bonds is 7. The SMILES string of the molecule is COC(=O)CN(c1cc([N+](=O)[O-])ccc1C)S(=O)(=O)c1ccc(OC)c(Cl)c1. The number of sulfonamides is 1. The van der Waals surface area contributed by atoms with Crippen molar-refractivity contribution in [3.8, 4) is 5.75 Å². The number of methoxy groups -OCH3 is 2. The maximum Gasteiger partial charge on any atom is 0.326 e. The van der Waals surface area contributed by atoms with Gasteiger partial charge in [-0.2, -0.15) is 0 Å². The molecule has 11 heteroatoms. The van der Waals surface area contributed by atoms with E-state index in [0.29, 0.717) is 5.56 Å². The Kier molecular flexibility index (Phi) is 6.47. The molecule has 0 saturated carbocycles. The highest BCUT2D eigenvalue weighted by Gasteiger charge is 2.30. The van der Waals surface area contributed by atoms with Gasteiger partial charge in [0.05, 0.1) is 34.7 Å². The van der Waals surface area contributed by atoms with Crippen molar-refractivity contribution in [3.63, 3.8) is 0 Å². The van der Waals surface area contributed by atoms with Gasteiger partial charge >= 0.3 is 5.97 Å². The van der Waals surface area contributed by atoms with Crippen molar-refractivity contribution >= 4 is 39.0 Å². The zero-order chi connectivity index (χ0) is 21.1. The second-order valence-corrected chi connectivity index (χ2v) is 7.88. The van der Waals surface area contributed by atoms with Crippen LogP contribution in [0.25, 0.3) is 0 Å². The molecule has 0 radical (unpaired) electrons. The molecule has 0 amide bonds. The number of hydrogen-bond acceptors (Lipinski definition) is 7. The minimum Gasteiger partial charge on any atom is -0.495 e. The Labute approximate surface area is 166 Å². The number of ether oxygens (including phenoxy) is 2. The van der Waals surface area contributed by atoms with Crippen LogP contribution >= 0.6 is 11.6 Å². The number of aryl methyl sites for hydroxylation is 1. The molecule has 28 heavy (non-hydrogen) atoms. The Morgan fingerprint density at radius 1 is 1.21 bits per heavy atom. The van der Waals surface area contributed by atoms with Crippen molar-refractivity contribution in [2.24, 2.45) is 0 Å². The first-order valence-electron chi connectivity index (χ1n) is 7.80. The fourth-order valence-corrected chi connectivity index (χ4v) is 4.21. The van der Waals surface area contributed by atoms with Crippen LogP contribution in [0, 0.1) is 17.0 Å². The number of carbonyl (C=O) groups excluding carboxylic acids is 1. The average molecular weight is 429 g/mol. The van der Waals surface area contributed by atoms with Gasteiger partial charge in [0.15, 0.2) is 0 Å². The van der Waals surface area contributed by atoms with Gasteiger partial charge in [-0.3, -0.25) is 19.2 Å². The van der Waals surface area contributed by atoms with E-state index in [0.717, 1.165) is 17.5 Å². The number of nitro groups is 1. The van der Waals surface area contributed by atoms with Gasteiger partial charge in [-0.15, -0.1) is 0 Å². The lowest BCUT2D eigenvalue weighted by Crippen LogP contribution is -2.36. The summed E-state index contributed by atoms with van der Waals surface area (Å²) in [7, 11) is -1.81. The number of esters is 1. The lowest BCUT2D eigenvalue weighted by molar-refractivity contribution is -0.384. The van der Waals surface area contributed by atoms with E-state index < -0.39 is 27.5 Å². The summed E-state index contributed by atoms with van der Waals surface area (Å²) >= 11 is 6.03. The van der Waals surface area contributed by atoms with Crippen LogP contribution in [0.2, 0.25) is 5.02 Å². The van der Waals surface area contributed by atoms with E-state index >= 15 is 0 Å². The van der Waals surface area contributed by atoms with Crippen molar-refractivity contribution < 1.29 is 27.6 Å². The van der Waals surface area contributed by atoms with Gasteiger partial charge < -0.3 is 9.47 Å². The molecule has 0 heterocycles. The zero-order valence-electron chi connectivity index (χ0n) is 15.2. The predicted octanol–water partition coefficient (Wildman–Crippen LogP) is 2.93. The summed E-state index contributed by atoms with van der Waals surface area (Å²) in [4.78, 5) is 22.1. The molecule has 2 aromatic carbocycles. The summed E-state index contributed by atoms with van der Waals surface area (Å²) < 4.78 is 36.8.